The van der Waals surface area contributed by atoms with Crippen LogP contribution in [0.2, 0.25) is 0 Å². The number of phenols is 1. The lowest BCUT2D eigenvalue weighted by atomic mass is 10.1. The second-order valence-electron chi connectivity index (χ2n) is 5.49. The third-order valence-corrected chi connectivity index (χ3v) is 3.92. The molecule has 2 aromatic carbocycles. The van der Waals surface area contributed by atoms with E-state index in [1.54, 1.807) is 32.2 Å². The quantitative estimate of drug-likeness (QED) is 0.712. The lowest BCUT2D eigenvalue weighted by molar-refractivity contribution is 0.102. The predicted octanol–water partition coefficient (Wildman–Crippen LogP) is 3.52. The Kier molecular flexibility index (Phi) is 4.43. The predicted molar refractivity (Wildman–Crippen MR) is 95.6 cm³/mol. The SMILES string of the molecule is COc1ccc(O)c(NC(=O)c2cc3cccc(OC)c3nc2C)c1. The molecule has 0 bridgehead atoms. The van der Waals surface area contributed by atoms with E-state index in [1.165, 1.54) is 13.2 Å². The Morgan fingerprint density at radius 3 is 2.64 bits per heavy atom. The van der Waals surface area contributed by atoms with Crippen molar-refractivity contribution in [3.63, 3.8) is 0 Å². The molecule has 0 aliphatic heterocycles. The molecule has 0 aliphatic rings. The Hall–Kier alpha value is -3.28. The number of pyridine rings is 1. The van der Waals surface area contributed by atoms with E-state index in [1.807, 2.05) is 18.2 Å². The van der Waals surface area contributed by atoms with Gasteiger partial charge in [0.1, 0.15) is 22.8 Å². The van der Waals surface area contributed by atoms with E-state index in [-0.39, 0.29) is 17.3 Å². The van der Waals surface area contributed by atoms with Gasteiger partial charge in [0.25, 0.3) is 5.91 Å². The molecule has 0 unspecified atom stereocenters. The Bertz CT molecular complexity index is 954. The Balaban J connectivity index is 1.99. The maximum Gasteiger partial charge on any atom is 0.257 e. The number of carbonyl (C=O) groups excluding carboxylic acids is 1. The van der Waals surface area contributed by atoms with Crippen LogP contribution >= 0.6 is 0 Å². The van der Waals surface area contributed by atoms with Crippen molar-refractivity contribution in [2.24, 2.45) is 0 Å². The van der Waals surface area contributed by atoms with Crippen molar-refractivity contribution < 1.29 is 19.4 Å². The number of nitrogens with one attached hydrogen (secondary N) is 1. The zero-order valence-electron chi connectivity index (χ0n) is 14.2. The van der Waals surface area contributed by atoms with Crippen LogP contribution in [-0.2, 0) is 0 Å². The van der Waals surface area contributed by atoms with Crippen LogP contribution in [0.3, 0.4) is 0 Å². The van der Waals surface area contributed by atoms with E-state index in [9.17, 15) is 9.90 Å². The van der Waals surface area contributed by atoms with Gasteiger partial charge >= 0.3 is 0 Å². The third-order valence-electron chi connectivity index (χ3n) is 3.92. The van der Waals surface area contributed by atoms with Gasteiger partial charge in [0.05, 0.1) is 31.2 Å². The molecule has 2 N–H and O–H groups in total. The van der Waals surface area contributed by atoms with E-state index in [0.717, 1.165) is 5.39 Å². The van der Waals surface area contributed by atoms with Gasteiger partial charge in [-0.3, -0.25) is 4.79 Å². The molecule has 0 fully saturated rings. The molecule has 0 atom stereocenters. The van der Waals surface area contributed by atoms with Gasteiger partial charge in [-0.2, -0.15) is 0 Å². The van der Waals surface area contributed by atoms with Gasteiger partial charge in [0.2, 0.25) is 0 Å². The van der Waals surface area contributed by atoms with Gasteiger partial charge in [0, 0.05) is 11.5 Å². The molecule has 3 rings (SSSR count). The summed E-state index contributed by atoms with van der Waals surface area (Å²) in [5.74, 6) is 0.782. The van der Waals surface area contributed by atoms with Crippen LogP contribution in [0, 0.1) is 6.92 Å². The monoisotopic (exact) mass is 338 g/mol. The van der Waals surface area contributed by atoms with Gasteiger partial charge in [-0.25, -0.2) is 4.98 Å². The number of para-hydroxylation sites is 1. The largest absolute Gasteiger partial charge is 0.506 e. The fourth-order valence-electron chi connectivity index (χ4n) is 2.59. The molecule has 3 aromatic rings. The summed E-state index contributed by atoms with van der Waals surface area (Å²) < 4.78 is 10.4. The van der Waals surface area contributed by atoms with Crippen molar-refractivity contribution in [1.29, 1.82) is 0 Å². The van der Waals surface area contributed by atoms with Crippen molar-refractivity contribution in [1.82, 2.24) is 4.98 Å². The normalized spacial score (nSPS) is 10.5. The first-order valence-corrected chi connectivity index (χ1v) is 7.66. The van der Waals surface area contributed by atoms with Crippen molar-refractivity contribution >= 4 is 22.5 Å². The Morgan fingerprint density at radius 1 is 1.12 bits per heavy atom. The van der Waals surface area contributed by atoms with Gasteiger partial charge < -0.3 is 19.9 Å². The van der Waals surface area contributed by atoms with Crippen LogP contribution in [0.1, 0.15) is 16.1 Å². The Morgan fingerprint density at radius 2 is 1.92 bits per heavy atom. The fraction of sp³-hybridized carbons (Fsp3) is 0.158. The van der Waals surface area contributed by atoms with Crippen molar-refractivity contribution in [3.8, 4) is 17.2 Å². The van der Waals surface area contributed by atoms with Crippen LogP contribution in [0.25, 0.3) is 10.9 Å². The van der Waals surface area contributed by atoms with E-state index in [4.69, 9.17) is 9.47 Å². The summed E-state index contributed by atoms with van der Waals surface area (Å²) in [5.41, 5.74) is 1.96. The van der Waals surface area contributed by atoms with E-state index < -0.39 is 0 Å². The van der Waals surface area contributed by atoms with Gasteiger partial charge in [0.15, 0.2) is 0 Å². The fourth-order valence-corrected chi connectivity index (χ4v) is 2.59. The molecule has 128 valence electrons. The minimum Gasteiger partial charge on any atom is -0.506 e. The molecular weight excluding hydrogens is 320 g/mol. The van der Waals surface area contributed by atoms with Crippen LogP contribution in [0.5, 0.6) is 17.2 Å². The van der Waals surface area contributed by atoms with Crippen LogP contribution in [0.4, 0.5) is 5.69 Å². The first-order valence-electron chi connectivity index (χ1n) is 7.66. The average Bonchev–Trinajstić information content (AvgIpc) is 2.62. The van der Waals surface area contributed by atoms with Crippen LogP contribution in [-0.4, -0.2) is 30.2 Å². The standard InChI is InChI=1S/C19H18N2O4/c1-11-14(9-12-5-4-6-17(25-3)18(12)20-11)19(23)21-15-10-13(24-2)7-8-16(15)22/h4-10,22H,1-3H3,(H,21,23). The van der Waals surface area contributed by atoms with Gasteiger partial charge in [-0.05, 0) is 31.2 Å². The van der Waals surface area contributed by atoms with E-state index >= 15 is 0 Å². The molecular formula is C19H18N2O4. The molecule has 6 nitrogen and oxygen atoms in total. The topological polar surface area (TPSA) is 80.7 Å². The second-order valence-corrected chi connectivity index (χ2v) is 5.49. The number of aromatic hydroxyl groups is 1. The van der Waals surface area contributed by atoms with Crippen molar-refractivity contribution in [3.05, 3.63) is 53.7 Å². The molecule has 0 spiro atoms. The molecule has 6 heteroatoms. The minimum atomic E-state index is -0.363. The minimum absolute atomic E-state index is 0.0396. The number of nitrogens with zero attached hydrogens (tertiary/aromatic N) is 1. The number of phenolic OH excluding ortho intramolecular Hbond substituents is 1. The summed E-state index contributed by atoms with van der Waals surface area (Å²) in [6, 6.07) is 11.9. The molecule has 0 radical (unpaired) electrons. The number of amides is 1. The smallest absolute Gasteiger partial charge is 0.257 e. The number of carbonyl (C=O) groups is 1. The van der Waals surface area contributed by atoms with E-state index in [2.05, 4.69) is 10.3 Å². The highest BCUT2D eigenvalue weighted by Crippen LogP contribution is 2.29. The number of ether oxygens (including phenoxy) is 2. The number of benzene rings is 2. The first-order chi connectivity index (χ1) is 12.0. The van der Waals surface area contributed by atoms with Crippen molar-refractivity contribution in [2.75, 3.05) is 19.5 Å². The molecule has 0 saturated carbocycles. The van der Waals surface area contributed by atoms with Gasteiger partial charge in [-0.15, -0.1) is 0 Å². The van der Waals surface area contributed by atoms with Crippen LogP contribution < -0.4 is 14.8 Å². The summed E-state index contributed by atoms with van der Waals surface area (Å²) in [7, 11) is 3.10. The molecule has 1 heterocycles. The summed E-state index contributed by atoms with van der Waals surface area (Å²) >= 11 is 0. The zero-order chi connectivity index (χ0) is 18.0. The maximum absolute atomic E-state index is 12.7. The lowest BCUT2D eigenvalue weighted by Gasteiger charge is -2.12. The van der Waals surface area contributed by atoms with Gasteiger partial charge in [-0.1, -0.05) is 12.1 Å². The van der Waals surface area contributed by atoms with Crippen LogP contribution in [0.15, 0.2) is 42.5 Å². The Labute approximate surface area is 145 Å². The summed E-state index contributed by atoms with van der Waals surface area (Å²) in [6.07, 6.45) is 0. The highest BCUT2D eigenvalue weighted by atomic mass is 16.5. The number of methoxy groups -OCH3 is 2. The van der Waals surface area contributed by atoms with Crippen molar-refractivity contribution in [2.45, 2.75) is 6.92 Å². The molecule has 1 amide bonds. The number of hydrogen-bond donors (Lipinski definition) is 2. The number of rotatable bonds is 4. The summed E-state index contributed by atoms with van der Waals surface area (Å²) in [5, 5.41) is 13.4. The number of aryl methyl sites for hydroxylation is 1. The highest BCUT2D eigenvalue weighted by molar-refractivity contribution is 6.07. The number of hydrogen-bond acceptors (Lipinski definition) is 5. The maximum atomic E-state index is 12.7. The number of aromatic nitrogens is 1. The molecule has 1 aromatic heterocycles. The van der Waals surface area contributed by atoms with E-state index in [0.29, 0.717) is 28.3 Å². The number of anilines is 1. The molecule has 25 heavy (non-hydrogen) atoms. The summed E-state index contributed by atoms with van der Waals surface area (Å²) in [6.45, 7) is 1.76. The molecule has 0 saturated heterocycles. The number of fused-ring (bicyclic) bond motifs is 1. The first kappa shape index (κ1) is 16.6. The summed E-state index contributed by atoms with van der Waals surface area (Å²) in [4.78, 5) is 17.1. The zero-order valence-corrected chi connectivity index (χ0v) is 14.2. The average molecular weight is 338 g/mol. The highest BCUT2D eigenvalue weighted by Gasteiger charge is 2.15. The second kappa shape index (κ2) is 6.68. The molecule has 0 aliphatic carbocycles. The third kappa shape index (κ3) is 3.19. The lowest BCUT2D eigenvalue weighted by Crippen LogP contribution is -2.14.